The average Bonchev–Trinajstić information content (AvgIpc) is 3.11. The van der Waals surface area contributed by atoms with Crippen LogP contribution in [0.4, 0.5) is 0 Å². The number of rotatable bonds is 2. The number of ketones is 1. The highest BCUT2D eigenvalue weighted by Gasteiger charge is 2.74. The molecule has 1 unspecified atom stereocenters. The van der Waals surface area contributed by atoms with Crippen LogP contribution in [0.5, 0.6) is 11.5 Å². The molecule has 9 heteroatoms. The molecule has 182 valence electrons. The van der Waals surface area contributed by atoms with E-state index < -0.39 is 27.2 Å². The molecule has 4 aliphatic rings. The van der Waals surface area contributed by atoms with Gasteiger partial charge in [-0.1, -0.05) is 36.4 Å². The van der Waals surface area contributed by atoms with Gasteiger partial charge in [-0.3, -0.25) is 9.35 Å². The van der Waals surface area contributed by atoms with Crippen molar-refractivity contribution >= 4 is 15.9 Å². The van der Waals surface area contributed by atoms with Crippen LogP contribution in [0.3, 0.4) is 0 Å². The van der Waals surface area contributed by atoms with E-state index in [1.807, 2.05) is 36.4 Å². The largest absolute Gasteiger partial charge is 0.504 e. The molecule has 34 heavy (non-hydrogen) atoms. The number of benzene rings is 2. The number of ether oxygens (including phenoxy) is 1. The predicted octanol–water partition coefficient (Wildman–Crippen LogP) is 1.72. The molecule has 2 aliphatic heterocycles. The fourth-order valence-corrected chi connectivity index (χ4v) is 6.74. The number of piperidine rings is 1. The smallest absolute Gasteiger partial charge is 0.261 e. The summed E-state index contributed by atoms with van der Waals surface area (Å²) in [6, 6.07) is 13.5. The van der Waals surface area contributed by atoms with Crippen LogP contribution >= 0.6 is 0 Å². The topological polar surface area (TPSA) is 124 Å². The van der Waals surface area contributed by atoms with Crippen LogP contribution < -0.4 is 4.74 Å². The number of aromatic hydroxyl groups is 1. The summed E-state index contributed by atoms with van der Waals surface area (Å²) in [6.45, 7) is 0.804. The van der Waals surface area contributed by atoms with Crippen LogP contribution in [0.1, 0.15) is 29.5 Å². The van der Waals surface area contributed by atoms with Crippen molar-refractivity contribution < 1.29 is 32.7 Å². The van der Waals surface area contributed by atoms with Gasteiger partial charge in [0.25, 0.3) is 10.1 Å². The van der Waals surface area contributed by atoms with Gasteiger partial charge in [0.15, 0.2) is 23.4 Å². The number of carbonyl (C=O) groups excluding carboxylic acids is 1. The van der Waals surface area contributed by atoms with E-state index in [4.69, 9.17) is 9.29 Å². The van der Waals surface area contributed by atoms with E-state index in [-0.39, 0.29) is 23.5 Å². The van der Waals surface area contributed by atoms with Crippen LogP contribution in [-0.4, -0.2) is 71.5 Å². The third-order valence-corrected chi connectivity index (χ3v) is 8.02. The molecular weight excluding hydrogens is 458 g/mol. The zero-order valence-corrected chi connectivity index (χ0v) is 20.0. The van der Waals surface area contributed by atoms with Crippen molar-refractivity contribution in [3.63, 3.8) is 0 Å². The second-order valence-electron chi connectivity index (χ2n) is 10.0. The number of hydrogen-bond acceptors (Lipinski definition) is 7. The molecule has 2 aromatic rings. The Hall–Kier alpha value is -2.46. The number of carbonyl (C=O) groups is 1. The van der Waals surface area contributed by atoms with Gasteiger partial charge in [-0.15, -0.1) is 0 Å². The number of likely N-dealkylation sites (tertiary alicyclic amines) is 1. The minimum atomic E-state index is -3.67. The molecule has 1 saturated heterocycles. The van der Waals surface area contributed by atoms with Crippen molar-refractivity contribution in [2.24, 2.45) is 5.92 Å². The van der Waals surface area contributed by atoms with Crippen LogP contribution in [-0.2, 0) is 33.2 Å². The van der Waals surface area contributed by atoms with Crippen molar-refractivity contribution in [1.82, 2.24) is 4.90 Å². The minimum Gasteiger partial charge on any atom is -0.504 e. The maximum Gasteiger partial charge on any atom is 0.261 e. The van der Waals surface area contributed by atoms with Gasteiger partial charge in [0.1, 0.15) is 0 Å². The Morgan fingerprint density at radius 1 is 1.18 bits per heavy atom. The lowest BCUT2D eigenvalue weighted by molar-refractivity contribution is -0.194. The van der Waals surface area contributed by atoms with Crippen molar-refractivity contribution in [2.75, 3.05) is 19.8 Å². The first-order chi connectivity index (χ1) is 16.0. The molecule has 6 rings (SSSR count). The standard InChI is InChI=1S/C24H25NO4.CH4O3S/c1-25-10-9-23-19-15-7-8-17(26)21(19)29-22(23)20(27)16(11-14-5-3-2-4-6-14)13-24(23,28)18(25)12-15;1-5(2,3)4/h2-8,16,18,22,26,28H,9-13H2,1H3;1H3,(H,2,3,4)/t16-,18+,22?,23-,24+;/m0./s1. The highest BCUT2D eigenvalue weighted by molar-refractivity contribution is 7.85. The fourth-order valence-electron chi connectivity index (χ4n) is 6.74. The summed E-state index contributed by atoms with van der Waals surface area (Å²) in [4.78, 5) is 15.9. The van der Waals surface area contributed by atoms with E-state index in [0.717, 1.165) is 23.2 Å². The minimum absolute atomic E-state index is 0.0586. The Bertz CT molecular complexity index is 1240. The summed E-state index contributed by atoms with van der Waals surface area (Å²) in [7, 11) is -1.60. The maximum absolute atomic E-state index is 13.7. The molecule has 2 heterocycles. The number of hydrogen-bond donors (Lipinski definition) is 3. The maximum atomic E-state index is 13.7. The molecule has 5 atom stereocenters. The molecule has 3 N–H and O–H groups in total. The van der Waals surface area contributed by atoms with Crippen molar-refractivity contribution in [3.8, 4) is 11.5 Å². The Balaban J connectivity index is 0.000000439. The Morgan fingerprint density at radius 3 is 2.53 bits per heavy atom. The van der Waals surface area contributed by atoms with Crippen LogP contribution in [0.25, 0.3) is 0 Å². The van der Waals surface area contributed by atoms with Crippen LogP contribution in [0, 0.1) is 5.92 Å². The second-order valence-corrected chi connectivity index (χ2v) is 11.5. The lowest BCUT2D eigenvalue weighted by Crippen LogP contribution is -2.77. The monoisotopic (exact) mass is 487 g/mol. The summed E-state index contributed by atoms with van der Waals surface area (Å²) < 4.78 is 32.1. The number of likely N-dealkylation sites (N-methyl/N-ethyl adjacent to an activating group) is 1. The third kappa shape index (κ3) is 3.37. The first-order valence-electron chi connectivity index (χ1n) is 11.4. The first-order valence-corrected chi connectivity index (χ1v) is 13.3. The first kappa shape index (κ1) is 23.3. The quantitative estimate of drug-likeness (QED) is 0.547. The molecule has 8 nitrogen and oxygen atoms in total. The molecule has 0 aromatic heterocycles. The van der Waals surface area contributed by atoms with Gasteiger partial charge in [-0.05, 0) is 56.5 Å². The molecule has 1 spiro atoms. The molecule has 2 fully saturated rings. The summed E-state index contributed by atoms with van der Waals surface area (Å²) in [5, 5.41) is 22.8. The van der Waals surface area contributed by atoms with E-state index in [1.54, 1.807) is 6.07 Å². The molecule has 0 amide bonds. The number of Topliss-reactive ketones (excluding diaryl/α,β-unsaturated/α-hetero) is 1. The lowest BCUT2D eigenvalue weighted by Gasteiger charge is -2.63. The number of phenolic OH excluding ortho intramolecular Hbond substituents is 1. The Morgan fingerprint density at radius 2 is 1.85 bits per heavy atom. The van der Waals surface area contributed by atoms with Crippen LogP contribution in [0.15, 0.2) is 42.5 Å². The molecule has 2 aromatic carbocycles. The highest BCUT2D eigenvalue weighted by Crippen LogP contribution is 2.65. The summed E-state index contributed by atoms with van der Waals surface area (Å²) >= 11 is 0. The van der Waals surface area contributed by atoms with Gasteiger partial charge < -0.3 is 19.8 Å². The zero-order valence-electron chi connectivity index (χ0n) is 19.1. The zero-order chi connectivity index (χ0) is 24.5. The predicted molar refractivity (Wildman–Crippen MR) is 125 cm³/mol. The molecule has 2 bridgehead atoms. The van der Waals surface area contributed by atoms with E-state index in [1.165, 1.54) is 0 Å². The van der Waals surface area contributed by atoms with Gasteiger partial charge in [0.2, 0.25) is 0 Å². The van der Waals surface area contributed by atoms with Gasteiger partial charge in [0.05, 0.1) is 17.3 Å². The van der Waals surface area contributed by atoms with Crippen molar-refractivity contribution in [2.45, 2.75) is 48.8 Å². The van der Waals surface area contributed by atoms with E-state index in [2.05, 4.69) is 11.9 Å². The van der Waals surface area contributed by atoms with Crippen LogP contribution in [0.2, 0.25) is 0 Å². The highest BCUT2D eigenvalue weighted by atomic mass is 32.2. The van der Waals surface area contributed by atoms with Gasteiger partial charge in [-0.2, -0.15) is 8.42 Å². The Kier molecular flexibility index (Phi) is 5.33. The van der Waals surface area contributed by atoms with E-state index in [9.17, 15) is 23.4 Å². The number of nitrogens with zero attached hydrogens (tertiary/aromatic N) is 1. The SMILES string of the molecule is CN1CC[C@]23c4c5ccc(O)c4OC2C(=O)[C@@H](Cc2ccccc2)C[C@@]3(O)[C@H]1C5.CS(=O)(=O)O. The van der Waals surface area contributed by atoms with Gasteiger partial charge in [0, 0.05) is 17.5 Å². The number of phenols is 1. The second kappa shape index (κ2) is 7.78. The van der Waals surface area contributed by atoms with Gasteiger partial charge >= 0.3 is 0 Å². The normalized spacial score (nSPS) is 33.4. The average molecular weight is 488 g/mol. The summed E-state index contributed by atoms with van der Waals surface area (Å²) in [6.07, 6.45) is 2.39. The summed E-state index contributed by atoms with van der Waals surface area (Å²) in [5.41, 5.74) is 1.27. The molecule has 2 aliphatic carbocycles. The third-order valence-electron chi connectivity index (χ3n) is 8.02. The van der Waals surface area contributed by atoms with Gasteiger partial charge in [-0.25, -0.2) is 0 Å². The van der Waals surface area contributed by atoms with Crippen molar-refractivity contribution in [3.05, 3.63) is 59.2 Å². The van der Waals surface area contributed by atoms with E-state index >= 15 is 0 Å². The fraction of sp³-hybridized carbons (Fsp3) is 0.480. The lowest BCUT2D eigenvalue weighted by atomic mass is 9.47. The number of aliphatic hydroxyl groups is 1. The molecule has 0 radical (unpaired) electrons. The molecule has 1 saturated carbocycles. The van der Waals surface area contributed by atoms with Crippen molar-refractivity contribution in [1.29, 1.82) is 0 Å². The summed E-state index contributed by atoms with van der Waals surface area (Å²) in [5.74, 6) is 0.250. The Labute approximate surface area is 198 Å². The molecular formula is C25H29NO7S. The van der Waals surface area contributed by atoms with E-state index in [0.29, 0.717) is 37.7 Å².